The van der Waals surface area contributed by atoms with Gasteiger partial charge in [-0.1, -0.05) is 26.2 Å². The molecule has 3 nitrogen and oxygen atoms in total. The monoisotopic (exact) mass is 241 g/mol. The second-order valence-corrected chi connectivity index (χ2v) is 4.95. The van der Waals surface area contributed by atoms with Gasteiger partial charge in [0.05, 0.1) is 12.5 Å². The van der Waals surface area contributed by atoms with E-state index in [1.54, 1.807) is 0 Å². The smallest absolute Gasteiger partial charge is 0.310 e. The van der Waals surface area contributed by atoms with Gasteiger partial charge in [-0.05, 0) is 39.3 Å². The molecule has 1 heterocycles. The van der Waals surface area contributed by atoms with Crippen molar-refractivity contribution in [1.82, 2.24) is 4.90 Å². The van der Waals surface area contributed by atoms with Crippen LogP contribution in [0.15, 0.2) is 0 Å². The highest BCUT2D eigenvalue weighted by atomic mass is 16.5. The van der Waals surface area contributed by atoms with Gasteiger partial charge in [0.1, 0.15) is 0 Å². The molecule has 1 aliphatic heterocycles. The normalized spacial score (nSPS) is 21.4. The van der Waals surface area contributed by atoms with Crippen molar-refractivity contribution in [3.8, 4) is 0 Å². The SMILES string of the molecule is CCCCCCN1CCCC(C(=O)OCC)C1. The molecule has 1 saturated heterocycles. The van der Waals surface area contributed by atoms with Crippen LogP contribution in [0.3, 0.4) is 0 Å². The Morgan fingerprint density at radius 3 is 2.82 bits per heavy atom. The lowest BCUT2D eigenvalue weighted by Crippen LogP contribution is -2.39. The highest BCUT2D eigenvalue weighted by Crippen LogP contribution is 2.18. The summed E-state index contributed by atoms with van der Waals surface area (Å²) in [4.78, 5) is 14.1. The Balaban J connectivity index is 2.21. The first-order chi connectivity index (χ1) is 8.27. The van der Waals surface area contributed by atoms with Gasteiger partial charge in [-0.25, -0.2) is 0 Å². The fourth-order valence-electron chi connectivity index (χ4n) is 2.47. The van der Waals surface area contributed by atoms with Crippen molar-refractivity contribution in [1.29, 1.82) is 0 Å². The minimum atomic E-state index is 0.00533. The molecule has 1 fully saturated rings. The molecule has 0 aromatic heterocycles. The molecular weight excluding hydrogens is 214 g/mol. The van der Waals surface area contributed by atoms with Gasteiger partial charge in [0.25, 0.3) is 0 Å². The maximum Gasteiger partial charge on any atom is 0.310 e. The van der Waals surface area contributed by atoms with Crippen LogP contribution in [0.2, 0.25) is 0 Å². The summed E-state index contributed by atoms with van der Waals surface area (Å²) in [6.45, 7) is 7.83. The Labute approximate surface area is 106 Å². The molecule has 1 atom stereocenters. The van der Waals surface area contributed by atoms with Crippen molar-refractivity contribution in [3.63, 3.8) is 0 Å². The van der Waals surface area contributed by atoms with Gasteiger partial charge in [0.2, 0.25) is 0 Å². The lowest BCUT2D eigenvalue weighted by Gasteiger charge is -2.31. The molecule has 17 heavy (non-hydrogen) atoms. The summed E-state index contributed by atoms with van der Waals surface area (Å²) in [5.74, 6) is 0.126. The zero-order valence-corrected chi connectivity index (χ0v) is 11.4. The Morgan fingerprint density at radius 2 is 2.12 bits per heavy atom. The van der Waals surface area contributed by atoms with E-state index >= 15 is 0 Å². The summed E-state index contributed by atoms with van der Waals surface area (Å²) in [7, 11) is 0. The molecule has 0 radical (unpaired) electrons. The zero-order valence-electron chi connectivity index (χ0n) is 11.4. The van der Waals surface area contributed by atoms with Crippen molar-refractivity contribution in [2.45, 2.75) is 52.4 Å². The molecular formula is C14H27NO2. The van der Waals surface area contributed by atoms with E-state index in [1.165, 1.54) is 25.7 Å². The van der Waals surface area contributed by atoms with Gasteiger partial charge >= 0.3 is 5.97 Å². The molecule has 0 aliphatic carbocycles. The number of hydrogen-bond acceptors (Lipinski definition) is 3. The second kappa shape index (κ2) is 8.51. The first-order valence-electron chi connectivity index (χ1n) is 7.16. The number of piperidine rings is 1. The van der Waals surface area contributed by atoms with Crippen LogP contribution >= 0.6 is 0 Å². The van der Waals surface area contributed by atoms with Crippen LogP contribution in [0.25, 0.3) is 0 Å². The number of unbranched alkanes of at least 4 members (excludes halogenated alkanes) is 3. The van der Waals surface area contributed by atoms with Gasteiger partial charge in [-0.15, -0.1) is 0 Å². The van der Waals surface area contributed by atoms with E-state index in [4.69, 9.17) is 4.74 Å². The maximum absolute atomic E-state index is 11.7. The molecule has 0 bridgehead atoms. The molecule has 1 unspecified atom stereocenters. The van der Waals surface area contributed by atoms with Gasteiger partial charge in [0.15, 0.2) is 0 Å². The van der Waals surface area contributed by atoms with Crippen LogP contribution in [0.1, 0.15) is 52.4 Å². The van der Waals surface area contributed by atoms with Crippen LogP contribution in [0.5, 0.6) is 0 Å². The predicted molar refractivity (Wildman–Crippen MR) is 69.9 cm³/mol. The first kappa shape index (κ1) is 14.5. The quantitative estimate of drug-likeness (QED) is 0.507. The molecule has 1 aliphatic rings. The molecule has 100 valence electrons. The number of nitrogens with zero attached hydrogens (tertiary/aromatic N) is 1. The molecule has 0 N–H and O–H groups in total. The van der Waals surface area contributed by atoms with E-state index in [1.807, 2.05) is 6.92 Å². The third-order valence-corrected chi connectivity index (χ3v) is 3.45. The van der Waals surface area contributed by atoms with E-state index in [0.29, 0.717) is 6.61 Å². The highest BCUT2D eigenvalue weighted by molar-refractivity contribution is 5.72. The molecule has 0 amide bonds. The summed E-state index contributed by atoms with van der Waals surface area (Å²) >= 11 is 0. The number of ether oxygens (including phenoxy) is 1. The van der Waals surface area contributed by atoms with Crippen LogP contribution in [-0.4, -0.2) is 37.1 Å². The molecule has 1 rings (SSSR count). The van der Waals surface area contributed by atoms with Crippen LogP contribution in [0.4, 0.5) is 0 Å². The lowest BCUT2D eigenvalue weighted by atomic mass is 9.98. The fourth-order valence-corrected chi connectivity index (χ4v) is 2.47. The number of likely N-dealkylation sites (tertiary alicyclic amines) is 1. The first-order valence-corrected chi connectivity index (χ1v) is 7.16. The second-order valence-electron chi connectivity index (χ2n) is 4.95. The number of carbonyl (C=O) groups is 1. The van der Waals surface area contributed by atoms with Crippen molar-refractivity contribution >= 4 is 5.97 Å². The topological polar surface area (TPSA) is 29.5 Å². The van der Waals surface area contributed by atoms with E-state index in [2.05, 4.69) is 11.8 Å². The molecule has 0 aromatic rings. The van der Waals surface area contributed by atoms with E-state index < -0.39 is 0 Å². The minimum Gasteiger partial charge on any atom is -0.466 e. The van der Waals surface area contributed by atoms with Gasteiger partial charge in [-0.3, -0.25) is 4.79 Å². The fraction of sp³-hybridized carbons (Fsp3) is 0.929. The van der Waals surface area contributed by atoms with E-state index in [0.717, 1.165) is 32.5 Å². The summed E-state index contributed by atoms with van der Waals surface area (Å²) in [6.07, 6.45) is 7.34. The maximum atomic E-state index is 11.7. The van der Waals surface area contributed by atoms with Crippen molar-refractivity contribution in [2.24, 2.45) is 5.92 Å². The highest BCUT2D eigenvalue weighted by Gasteiger charge is 2.26. The van der Waals surface area contributed by atoms with Crippen LogP contribution < -0.4 is 0 Å². The average Bonchev–Trinajstić information content (AvgIpc) is 2.35. The Kier molecular flexibility index (Phi) is 7.25. The summed E-state index contributed by atoms with van der Waals surface area (Å²) in [5, 5.41) is 0. The number of esters is 1. The molecule has 3 heteroatoms. The van der Waals surface area contributed by atoms with E-state index in [-0.39, 0.29) is 11.9 Å². The van der Waals surface area contributed by atoms with Crippen LogP contribution in [-0.2, 0) is 9.53 Å². The standard InChI is InChI=1S/C14H27NO2/c1-3-5-6-7-10-15-11-8-9-13(12-15)14(16)17-4-2/h13H,3-12H2,1-2H3. The number of rotatable bonds is 7. The third-order valence-electron chi connectivity index (χ3n) is 3.45. The summed E-state index contributed by atoms with van der Waals surface area (Å²) < 4.78 is 5.11. The minimum absolute atomic E-state index is 0.00533. The molecule has 0 aromatic carbocycles. The summed E-state index contributed by atoms with van der Waals surface area (Å²) in [5.41, 5.74) is 0. The van der Waals surface area contributed by atoms with Gasteiger partial charge in [-0.2, -0.15) is 0 Å². The molecule has 0 spiro atoms. The van der Waals surface area contributed by atoms with Gasteiger partial charge in [0, 0.05) is 6.54 Å². The van der Waals surface area contributed by atoms with Crippen LogP contribution in [0, 0.1) is 5.92 Å². The van der Waals surface area contributed by atoms with E-state index in [9.17, 15) is 4.79 Å². The average molecular weight is 241 g/mol. The van der Waals surface area contributed by atoms with Crippen molar-refractivity contribution < 1.29 is 9.53 Å². The summed E-state index contributed by atoms with van der Waals surface area (Å²) in [6, 6.07) is 0. The Hall–Kier alpha value is -0.570. The number of hydrogen-bond donors (Lipinski definition) is 0. The lowest BCUT2D eigenvalue weighted by molar-refractivity contribution is -0.149. The molecule has 0 saturated carbocycles. The Morgan fingerprint density at radius 1 is 1.29 bits per heavy atom. The zero-order chi connectivity index (χ0) is 12.5. The Bertz CT molecular complexity index is 218. The van der Waals surface area contributed by atoms with Crippen molar-refractivity contribution in [3.05, 3.63) is 0 Å². The predicted octanol–water partition coefficient (Wildman–Crippen LogP) is 2.84. The number of carbonyl (C=O) groups excluding carboxylic acids is 1. The van der Waals surface area contributed by atoms with Crippen molar-refractivity contribution in [2.75, 3.05) is 26.2 Å². The van der Waals surface area contributed by atoms with Gasteiger partial charge < -0.3 is 9.64 Å². The largest absolute Gasteiger partial charge is 0.466 e. The third kappa shape index (κ3) is 5.53.